The first kappa shape index (κ1) is 19.3. The SMILES string of the molecule is O=C(CC1CCCCC1)NCc1nn(Cc2cccnc2)c(=O)c2ccccc12. The Morgan fingerprint density at radius 3 is 2.62 bits per heavy atom. The summed E-state index contributed by atoms with van der Waals surface area (Å²) >= 11 is 0. The second-order valence-corrected chi connectivity index (χ2v) is 7.80. The van der Waals surface area contributed by atoms with Crippen LogP contribution in [0.15, 0.2) is 53.6 Å². The highest BCUT2D eigenvalue weighted by Gasteiger charge is 2.17. The van der Waals surface area contributed by atoms with Crippen LogP contribution < -0.4 is 10.9 Å². The molecule has 0 radical (unpaired) electrons. The molecular formula is C23H26N4O2. The molecule has 1 amide bonds. The molecule has 0 unspecified atom stereocenters. The van der Waals surface area contributed by atoms with E-state index in [1.54, 1.807) is 12.4 Å². The number of benzene rings is 1. The molecule has 1 N–H and O–H groups in total. The van der Waals surface area contributed by atoms with Crippen LogP contribution in [0.5, 0.6) is 0 Å². The summed E-state index contributed by atoms with van der Waals surface area (Å²) < 4.78 is 1.46. The average molecular weight is 390 g/mol. The van der Waals surface area contributed by atoms with Gasteiger partial charge in [-0.25, -0.2) is 4.68 Å². The summed E-state index contributed by atoms with van der Waals surface area (Å²) in [7, 11) is 0. The summed E-state index contributed by atoms with van der Waals surface area (Å²) in [6.07, 6.45) is 10.0. The van der Waals surface area contributed by atoms with Gasteiger partial charge in [-0.1, -0.05) is 43.5 Å². The van der Waals surface area contributed by atoms with Gasteiger partial charge in [-0.3, -0.25) is 14.6 Å². The summed E-state index contributed by atoms with van der Waals surface area (Å²) in [6.45, 7) is 0.667. The maximum atomic E-state index is 12.9. The molecular weight excluding hydrogens is 364 g/mol. The molecule has 0 aliphatic heterocycles. The number of carbonyl (C=O) groups excluding carboxylic acids is 1. The molecule has 0 saturated heterocycles. The third-order valence-corrected chi connectivity index (χ3v) is 5.65. The molecule has 2 aromatic heterocycles. The molecule has 0 bridgehead atoms. The Morgan fingerprint density at radius 1 is 1.07 bits per heavy atom. The zero-order chi connectivity index (χ0) is 20.1. The Balaban J connectivity index is 1.55. The fraction of sp³-hybridized carbons (Fsp3) is 0.391. The lowest BCUT2D eigenvalue weighted by atomic mass is 9.87. The molecule has 1 aromatic carbocycles. The van der Waals surface area contributed by atoms with Crippen LogP contribution >= 0.6 is 0 Å². The van der Waals surface area contributed by atoms with E-state index >= 15 is 0 Å². The summed E-state index contributed by atoms with van der Waals surface area (Å²) in [4.78, 5) is 29.4. The van der Waals surface area contributed by atoms with Crippen molar-refractivity contribution in [2.24, 2.45) is 5.92 Å². The average Bonchev–Trinajstić information content (AvgIpc) is 2.76. The second kappa shape index (κ2) is 8.99. The molecule has 0 atom stereocenters. The summed E-state index contributed by atoms with van der Waals surface area (Å²) in [5, 5.41) is 9.00. The van der Waals surface area contributed by atoms with E-state index in [1.807, 2.05) is 36.4 Å². The largest absolute Gasteiger partial charge is 0.350 e. The number of amides is 1. The van der Waals surface area contributed by atoms with Crippen molar-refractivity contribution in [2.75, 3.05) is 0 Å². The molecule has 1 saturated carbocycles. The van der Waals surface area contributed by atoms with Gasteiger partial charge < -0.3 is 5.32 Å². The van der Waals surface area contributed by atoms with Crippen molar-refractivity contribution in [3.05, 3.63) is 70.4 Å². The van der Waals surface area contributed by atoms with E-state index in [2.05, 4.69) is 15.4 Å². The third kappa shape index (κ3) is 4.70. The predicted molar refractivity (Wildman–Crippen MR) is 112 cm³/mol. The van der Waals surface area contributed by atoms with E-state index in [-0.39, 0.29) is 11.5 Å². The molecule has 29 heavy (non-hydrogen) atoms. The minimum Gasteiger partial charge on any atom is -0.350 e. The number of carbonyl (C=O) groups is 1. The predicted octanol–water partition coefficient (Wildman–Crippen LogP) is 3.43. The van der Waals surface area contributed by atoms with Crippen LogP contribution in [-0.2, 0) is 17.9 Å². The highest BCUT2D eigenvalue weighted by atomic mass is 16.1. The monoisotopic (exact) mass is 390 g/mol. The van der Waals surface area contributed by atoms with E-state index in [9.17, 15) is 9.59 Å². The lowest BCUT2D eigenvalue weighted by Crippen LogP contribution is -2.30. The van der Waals surface area contributed by atoms with Gasteiger partial charge in [0.1, 0.15) is 0 Å². The normalized spacial score (nSPS) is 14.8. The van der Waals surface area contributed by atoms with Crippen LogP contribution in [-0.4, -0.2) is 20.7 Å². The molecule has 6 heteroatoms. The van der Waals surface area contributed by atoms with Crippen LogP contribution in [0.3, 0.4) is 0 Å². The first-order valence-electron chi connectivity index (χ1n) is 10.3. The fourth-order valence-corrected chi connectivity index (χ4v) is 4.12. The number of rotatable bonds is 6. The zero-order valence-electron chi connectivity index (χ0n) is 16.5. The first-order valence-corrected chi connectivity index (χ1v) is 10.3. The maximum Gasteiger partial charge on any atom is 0.274 e. The van der Waals surface area contributed by atoms with E-state index in [4.69, 9.17) is 0 Å². The molecule has 3 aromatic rings. The van der Waals surface area contributed by atoms with Crippen molar-refractivity contribution in [1.82, 2.24) is 20.1 Å². The number of pyridine rings is 1. The minimum atomic E-state index is -0.137. The smallest absolute Gasteiger partial charge is 0.274 e. The van der Waals surface area contributed by atoms with E-state index in [1.165, 1.54) is 23.9 Å². The van der Waals surface area contributed by atoms with Gasteiger partial charge in [-0.05, 0) is 36.5 Å². The first-order chi connectivity index (χ1) is 14.2. The van der Waals surface area contributed by atoms with Crippen molar-refractivity contribution in [1.29, 1.82) is 0 Å². The van der Waals surface area contributed by atoms with Gasteiger partial charge in [0.2, 0.25) is 5.91 Å². The molecule has 1 aliphatic rings. The van der Waals surface area contributed by atoms with Gasteiger partial charge in [-0.15, -0.1) is 0 Å². The van der Waals surface area contributed by atoms with Gasteiger partial charge in [0.25, 0.3) is 5.56 Å². The van der Waals surface area contributed by atoms with Crippen molar-refractivity contribution >= 4 is 16.7 Å². The Kier molecular flexibility index (Phi) is 5.98. The van der Waals surface area contributed by atoms with Gasteiger partial charge in [0.15, 0.2) is 0 Å². The topological polar surface area (TPSA) is 76.9 Å². The number of nitrogens with one attached hydrogen (secondary N) is 1. The molecule has 2 heterocycles. The Bertz CT molecular complexity index is 1040. The zero-order valence-corrected chi connectivity index (χ0v) is 16.5. The Hall–Kier alpha value is -3.02. The van der Waals surface area contributed by atoms with Crippen LogP contribution in [0, 0.1) is 5.92 Å². The quantitative estimate of drug-likeness (QED) is 0.700. The Morgan fingerprint density at radius 2 is 1.86 bits per heavy atom. The fourth-order valence-electron chi connectivity index (χ4n) is 4.12. The molecule has 150 valence electrons. The molecule has 1 fully saturated rings. The van der Waals surface area contributed by atoms with Crippen LogP contribution in [0.4, 0.5) is 0 Å². The van der Waals surface area contributed by atoms with Gasteiger partial charge >= 0.3 is 0 Å². The minimum absolute atomic E-state index is 0.0628. The van der Waals surface area contributed by atoms with Gasteiger partial charge in [-0.2, -0.15) is 5.10 Å². The molecule has 1 aliphatic carbocycles. The van der Waals surface area contributed by atoms with Crippen molar-refractivity contribution in [3.63, 3.8) is 0 Å². The third-order valence-electron chi connectivity index (χ3n) is 5.65. The number of aromatic nitrogens is 3. The molecule has 4 rings (SSSR count). The molecule has 0 spiro atoms. The number of hydrogen-bond acceptors (Lipinski definition) is 4. The lowest BCUT2D eigenvalue weighted by Gasteiger charge is -2.20. The van der Waals surface area contributed by atoms with Crippen molar-refractivity contribution in [2.45, 2.75) is 51.6 Å². The van der Waals surface area contributed by atoms with Gasteiger partial charge in [0, 0.05) is 24.2 Å². The number of nitrogens with zero attached hydrogens (tertiary/aromatic N) is 3. The van der Waals surface area contributed by atoms with Crippen LogP contribution in [0.2, 0.25) is 0 Å². The molecule has 6 nitrogen and oxygen atoms in total. The van der Waals surface area contributed by atoms with E-state index in [0.29, 0.717) is 36.5 Å². The second-order valence-electron chi connectivity index (χ2n) is 7.80. The van der Waals surface area contributed by atoms with Gasteiger partial charge in [0.05, 0.1) is 24.2 Å². The van der Waals surface area contributed by atoms with Crippen molar-refractivity contribution < 1.29 is 4.79 Å². The summed E-state index contributed by atoms with van der Waals surface area (Å²) in [6, 6.07) is 11.2. The van der Waals surface area contributed by atoms with Crippen LogP contribution in [0.25, 0.3) is 10.8 Å². The Labute approximate surface area is 170 Å². The number of fused-ring (bicyclic) bond motifs is 1. The summed E-state index contributed by atoms with van der Waals surface area (Å²) in [5.41, 5.74) is 1.48. The number of hydrogen-bond donors (Lipinski definition) is 1. The highest BCUT2D eigenvalue weighted by molar-refractivity contribution is 5.84. The lowest BCUT2D eigenvalue weighted by molar-refractivity contribution is -0.122. The van der Waals surface area contributed by atoms with E-state index < -0.39 is 0 Å². The van der Waals surface area contributed by atoms with Crippen LogP contribution in [0.1, 0.15) is 49.8 Å². The summed E-state index contributed by atoms with van der Waals surface area (Å²) in [5.74, 6) is 0.556. The van der Waals surface area contributed by atoms with Crippen molar-refractivity contribution in [3.8, 4) is 0 Å². The van der Waals surface area contributed by atoms with E-state index in [0.717, 1.165) is 23.8 Å². The maximum absolute atomic E-state index is 12.9. The highest BCUT2D eigenvalue weighted by Crippen LogP contribution is 2.26. The standard InChI is InChI=1S/C23H26N4O2/c28-22(13-17-7-2-1-3-8-17)25-15-21-19-10-4-5-11-20(19)23(29)27(26-21)16-18-9-6-12-24-14-18/h4-6,9-12,14,17H,1-3,7-8,13,15-16H2,(H,25,28).